The second-order valence-corrected chi connectivity index (χ2v) is 6.96. The lowest BCUT2D eigenvalue weighted by Gasteiger charge is -2.27. The molecule has 4 aromatic rings. The average molecular weight is 430 g/mol. The Morgan fingerprint density at radius 3 is 2.93 bits per heavy atom. The van der Waals surface area contributed by atoms with E-state index in [4.69, 9.17) is 4.74 Å². The number of anilines is 2. The Bertz CT molecular complexity index is 1070. The molecule has 0 atom stereocenters. The number of ether oxygens (including phenoxy) is 1. The summed E-state index contributed by atoms with van der Waals surface area (Å²) in [5, 5.41) is 7.67. The monoisotopic (exact) mass is 429 g/mol. The number of aromatic amines is 1. The van der Waals surface area contributed by atoms with E-state index < -0.39 is 0 Å². The molecule has 1 aliphatic heterocycles. The minimum absolute atomic E-state index is 0.473. The van der Waals surface area contributed by atoms with Gasteiger partial charge in [0.2, 0.25) is 11.9 Å². The highest BCUT2D eigenvalue weighted by atomic mass is 79.9. The number of nitrogens with zero attached hydrogens (tertiary/aromatic N) is 7. The number of H-pyrrole nitrogens is 1. The van der Waals surface area contributed by atoms with Gasteiger partial charge in [0.15, 0.2) is 5.65 Å². The van der Waals surface area contributed by atoms with Crippen molar-refractivity contribution in [1.82, 2.24) is 34.5 Å². The topological polar surface area (TPSA) is 109 Å². The summed E-state index contributed by atoms with van der Waals surface area (Å²) in [6, 6.07) is 1.87. The molecule has 11 heteroatoms. The van der Waals surface area contributed by atoms with E-state index in [1.54, 1.807) is 23.1 Å². The summed E-state index contributed by atoms with van der Waals surface area (Å²) < 4.78 is 7.92. The Hall–Kier alpha value is -2.79. The van der Waals surface area contributed by atoms with Crippen LogP contribution in [0, 0.1) is 0 Å². The van der Waals surface area contributed by atoms with Gasteiger partial charge >= 0.3 is 0 Å². The van der Waals surface area contributed by atoms with E-state index in [9.17, 15) is 0 Å². The van der Waals surface area contributed by atoms with Crippen molar-refractivity contribution in [2.75, 3.05) is 36.5 Å². The van der Waals surface area contributed by atoms with E-state index in [1.807, 2.05) is 6.07 Å². The van der Waals surface area contributed by atoms with Gasteiger partial charge in [0, 0.05) is 19.3 Å². The molecule has 5 heterocycles. The van der Waals surface area contributed by atoms with Crippen LogP contribution in [0.4, 0.5) is 11.9 Å². The second-order valence-electron chi connectivity index (χ2n) is 6.10. The van der Waals surface area contributed by atoms with E-state index in [0.29, 0.717) is 37.3 Å². The highest BCUT2D eigenvalue weighted by Crippen LogP contribution is 2.22. The molecule has 0 bridgehead atoms. The summed E-state index contributed by atoms with van der Waals surface area (Å²) in [7, 11) is 0. The summed E-state index contributed by atoms with van der Waals surface area (Å²) in [6.45, 7) is 3.34. The van der Waals surface area contributed by atoms with Gasteiger partial charge in [-0.2, -0.15) is 19.6 Å². The molecule has 27 heavy (non-hydrogen) atoms. The lowest BCUT2D eigenvalue weighted by Crippen LogP contribution is -2.37. The molecule has 2 N–H and O–H groups in total. The van der Waals surface area contributed by atoms with Crippen LogP contribution < -0.4 is 10.2 Å². The van der Waals surface area contributed by atoms with Crippen LogP contribution in [0.1, 0.15) is 5.82 Å². The molecule has 1 saturated heterocycles. The van der Waals surface area contributed by atoms with Crippen molar-refractivity contribution in [2.24, 2.45) is 0 Å². The number of morpholine rings is 1. The first kappa shape index (κ1) is 16.4. The third kappa shape index (κ3) is 3.08. The summed E-state index contributed by atoms with van der Waals surface area (Å²) in [5.74, 6) is 2.05. The first-order valence-electron chi connectivity index (χ1n) is 8.54. The molecule has 5 rings (SSSR count). The van der Waals surface area contributed by atoms with Gasteiger partial charge in [0.1, 0.15) is 5.82 Å². The average Bonchev–Trinajstić information content (AvgIpc) is 3.30. The Balaban J connectivity index is 1.47. The van der Waals surface area contributed by atoms with Crippen LogP contribution in [0.15, 0.2) is 29.1 Å². The maximum atomic E-state index is 5.42. The van der Waals surface area contributed by atoms with Crippen molar-refractivity contribution in [3.63, 3.8) is 0 Å². The van der Waals surface area contributed by atoms with Crippen LogP contribution in [0.25, 0.3) is 16.7 Å². The molecule has 1 aliphatic rings. The highest BCUT2D eigenvalue weighted by molar-refractivity contribution is 9.10. The number of pyridine rings is 1. The third-order valence-electron chi connectivity index (χ3n) is 4.35. The lowest BCUT2D eigenvalue weighted by molar-refractivity contribution is 0.122. The molecule has 0 amide bonds. The standard InChI is InChI=1S/C16H16BrN9O/c17-10-7-20-26-14(10)23-16(25-3-5-27-6-4-25)24-15(26)19-9-13-21-11-1-2-18-8-12(11)22-13/h1-2,7-8H,3-6,9H2,(H,21,22)(H,19,23,24). The number of hydrogen-bond donors (Lipinski definition) is 2. The minimum Gasteiger partial charge on any atom is -0.378 e. The van der Waals surface area contributed by atoms with Gasteiger partial charge < -0.3 is 19.9 Å². The van der Waals surface area contributed by atoms with Crippen molar-refractivity contribution < 1.29 is 4.74 Å². The molecule has 0 unspecified atom stereocenters. The predicted octanol–water partition coefficient (Wildman–Crippen LogP) is 1.61. The fraction of sp³-hybridized carbons (Fsp3) is 0.312. The van der Waals surface area contributed by atoms with Crippen LogP contribution in [0.3, 0.4) is 0 Å². The van der Waals surface area contributed by atoms with E-state index >= 15 is 0 Å². The predicted molar refractivity (Wildman–Crippen MR) is 103 cm³/mol. The zero-order valence-corrected chi connectivity index (χ0v) is 15.8. The van der Waals surface area contributed by atoms with E-state index in [2.05, 4.69) is 56.2 Å². The first-order valence-corrected chi connectivity index (χ1v) is 9.34. The smallest absolute Gasteiger partial charge is 0.230 e. The lowest BCUT2D eigenvalue weighted by atomic mass is 10.4. The number of fused-ring (bicyclic) bond motifs is 2. The van der Waals surface area contributed by atoms with Gasteiger partial charge in [-0.3, -0.25) is 4.98 Å². The van der Waals surface area contributed by atoms with Gasteiger partial charge in [-0.1, -0.05) is 0 Å². The van der Waals surface area contributed by atoms with E-state index in [0.717, 1.165) is 34.4 Å². The summed E-state index contributed by atoms with van der Waals surface area (Å²) >= 11 is 3.51. The van der Waals surface area contributed by atoms with Crippen molar-refractivity contribution >= 4 is 44.5 Å². The molecule has 10 nitrogen and oxygen atoms in total. The molecule has 0 saturated carbocycles. The van der Waals surface area contributed by atoms with Crippen LogP contribution in [0.2, 0.25) is 0 Å². The Morgan fingerprint density at radius 1 is 1.19 bits per heavy atom. The second kappa shape index (κ2) is 6.74. The number of halogens is 1. The van der Waals surface area contributed by atoms with Gasteiger partial charge in [-0.15, -0.1) is 0 Å². The number of imidazole rings is 1. The number of aromatic nitrogens is 7. The molecule has 0 aliphatic carbocycles. The summed E-state index contributed by atoms with van der Waals surface area (Å²) in [4.78, 5) is 23.4. The van der Waals surface area contributed by atoms with Gasteiger partial charge in [-0.25, -0.2) is 4.98 Å². The largest absolute Gasteiger partial charge is 0.378 e. The third-order valence-corrected chi connectivity index (χ3v) is 4.91. The first-order chi connectivity index (χ1) is 13.3. The fourth-order valence-corrected chi connectivity index (χ4v) is 3.36. The number of hydrogen-bond acceptors (Lipinski definition) is 8. The zero-order chi connectivity index (χ0) is 18.2. The van der Waals surface area contributed by atoms with E-state index in [1.165, 1.54) is 0 Å². The molecule has 0 spiro atoms. The van der Waals surface area contributed by atoms with Crippen LogP contribution in [-0.4, -0.2) is 60.8 Å². The molecule has 4 aromatic heterocycles. The summed E-state index contributed by atoms with van der Waals surface area (Å²) in [5.41, 5.74) is 2.49. The Morgan fingerprint density at radius 2 is 2.07 bits per heavy atom. The molecular formula is C16H16BrN9O. The van der Waals surface area contributed by atoms with Crippen molar-refractivity contribution in [1.29, 1.82) is 0 Å². The minimum atomic E-state index is 0.473. The Labute approximate surface area is 162 Å². The van der Waals surface area contributed by atoms with Crippen LogP contribution in [-0.2, 0) is 11.3 Å². The molecule has 0 radical (unpaired) electrons. The van der Waals surface area contributed by atoms with Crippen LogP contribution in [0.5, 0.6) is 0 Å². The normalized spacial score (nSPS) is 14.9. The highest BCUT2D eigenvalue weighted by Gasteiger charge is 2.18. The van der Waals surface area contributed by atoms with Crippen molar-refractivity contribution in [3.8, 4) is 0 Å². The maximum Gasteiger partial charge on any atom is 0.230 e. The van der Waals surface area contributed by atoms with E-state index in [-0.39, 0.29) is 0 Å². The SMILES string of the molecule is Brc1cnn2c(NCc3nc4ccncc4[nH]3)nc(N3CCOCC3)nc12. The Kier molecular flexibility index (Phi) is 4.09. The van der Waals surface area contributed by atoms with Gasteiger partial charge in [-0.05, 0) is 22.0 Å². The molecular weight excluding hydrogens is 414 g/mol. The zero-order valence-electron chi connectivity index (χ0n) is 14.3. The van der Waals surface area contributed by atoms with Gasteiger partial charge in [0.25, 0.3) is 0 Å². The molecule has 0 aromatic carbocycles. The van der Waals surface area contributed by atoms with Crippen LogP contribution >= 0.6 is 15.9 Å². The van der Waals surface area contributed by atoms with Crippen molar-refractivity contribution in [3.05, 3.63) is 35.0 Å². The van der Waals surface area contributed by atoms with Crippen molar-refractivity contribution in [2.45, 2.75) is 6.54 Å². The maximum absolute atomic E-state index is 5.42. The van der Waals surface area contributed by atoms with Gasteiger partial charge in [0.05, 0.1) is 47.7 Å². The molecule has 1 fully saturated rings. The molecule has 138 valence electrons. The number of rotatable bonds is 4. The quantitative estimate of drug-likeness (QED) is 0.503. The number of nitrogens with one attached hydrogen (secondary N) is 2. The summed E-state index contributed by atoms with van der Waals surface area (Å²) in [6.07, 6.45) is 5.20. The fourth-order valence-electron chi connectivity index (χ4n) is 3.01.